The van der Waals surface area contributed by atoms with Crippen LogP contribution in [0.4, 0.5) is 4.39 Å². The van der Waals surface area contributed by atoms with Gasteiger partial charge in [-0.25, -0.2) is 4.39 Å². The maximum atomic E-state index is 13.8. The van der Waals surface area contributed by atoms with E-state index in [1.54, 1.807) is 4.90 Å². The molecular weight excluding hydrogens is 361 g/mol. The fraction of sp³-hybridized carbons (Fsp3) is 0.619. The van der Waals surface area contributed by atoms with Crippen molar-refractivity contribution in [2.75, 3.05) is 19.7 Å². The molecule has 7 heteroatoms. The molecule has 0 bridgehead atoms. The zero-order valence-electron chi connectivity index (χ0n) is 16.1. The lowest BCUT2D eigenvalue weighted by Gasteiger charge is -2.42. The first-order chi connectivity index (χ1) is 13.5. The van der Waals surface area contributed by atoms with Crippen LogP contribution in [0.25, 0.3) is 0 Å². The Kier molecular flexibility index (Phi) is 5.38. The van der Waals surface area contributed by atoms with Crippen LogP contribution in [-0.2, 0) is 6.54 Å². The number of rotatable bonds is 4. The second kappa shape index (κ2) is 7.79. The summed E-state index contributed by atoms with van der Waals surface area (Å²) in [4.78, 5) is 28.9. The fourth-order valence-corrected chi connectivity index (χ4v) is 5.18. The summed E-state index contributed by atoms with van der Waals surface area (Å²) in [6.07, 6.45) is 6.20. The van der Waals surface area contributed by atoms with Crippen LogP contribution in [0.2, 0.25) is 0 Å². The van der Waals surface area contributed by atoms with Gasteiger partial charge in [0.15, 0.2) is 0 Å². The van der Waals surface area contributed by atoms with E-state index in [-0.39, 0.29) is 23.1 Å². The van der Waals surface area contributed by atoms with Crippen LogP contribution in [0.3, 0.4) is 0 Å². The molecule has 0 unspecified atom stereocenters. The Morgan fingerprint density at radius 3 is 2.39 bits per heavy atom. The Balaban J connectivity index is 1.40. The lowest BCUT2D eigenvalue weighted by Crippen LogP contribution is -2.49. The topological polar surface area (TPSA) is 86.9 Å². The summed E-state index contributed by atoms with van der Waals surface area (Å²) in [5.41, 5.74) is 6.19. The summed E-state index contributed by atoms with van der Waals surface area (Å²) in [6, 6.07) is 3.09. The van der Waals surface area contributed by atoms with Crippen molar-refractivity contribution in [2.24, 2.45) is 11.7 Å². The summed E-state index contributed by atoms with van der Waals surface area (Å²) in [7, 11) is 0. The van der Waals surface area contributed by atoms with Gasteiger partial charge >= 0.3 is 0 Å². The number of carbonyl (C=O) groups is 2. The number of aliphatic hydroxyl groups is 1. The minimum atomic E-state index is -0.765. The van der Waals surface area contributed by atoms with Crippen LogP contribution in [0, 0.1) is 11.7 Å². The van der Waals surface area contributed by atoms with E-state index in [4.69, 9.17) is 5.73 Å². The summed E-state index contributed by atoms with van der Waals surface area (Å²) < 4.78 is 13.8. The molecule has 3 N–H and O–H groups in total. The van der Waals surface area contributed by atoms with Crippen molar-refractivity contribution in [2.45, 2.75) is 57.2 Å². The number of nitrogens with two attached hydrogens (primary N) is 1. The summed E-state index contributed by atoms with van der Waals surface area (Å²) in [6.45, 7) is 2.52. The number of nitrogens with zero attached hydrogens (tertiary/aromatic N) is 2. The van der Waals surface area contributed by atoms with Gasteiger partial charge in [0.1, 0.15) is 5.82 Å². The third-order valence-corrected chi connectivity index (χ3v) is 6.80. The summed E-state index contributed by atoms with van der Waals surface area (Å²) >= 11 is 0. The van der Waals surface area contributed by atoms with E-state index in [0.717, 1.165) is 57.7 Å². The fourth-order valence-electron chi connectivity index (χ4n) is 5.18. The highest BCUT2D eigenvalue weighted by Crippen LogP contribution is 2.33. The maximum Gasteiger partial charge on any atom is 0.255 e. The van der Waals surface area contributed by atoms with Crippen LogP contribution >= 0.6 is 0 Å². The molecule has 0 atom stereocenters. The van der Waals surface area contributed by atoms with E-state index in [2.05, 4.69) is 4.90 Å². The minimum Gasteiger partial charge on any atom is -0.396 e. The minimum absolute atomic E-state index is 0.0134. The molecule has 6 nitrogen and oxygen atoms in total. The first-order valence-corrected chi connectivity index (χ1v) is 10.3. The average molecular weight is 389 g/mol. The van der Waals surface area contributed by atoms with Gasteiger partial charge in [-0.05, 0) is 62.1 Å². The van der Waals surface area contributed by atoms with Gasteiger partial charge in [-0.2, -0.15) is 0 Å². The summed E-state index contributed by atoms with van der Waals surface area (Å²) in [5.74, 6) is -1.05. The molecule has 1 aromatic rings. The highest BCUT2D eigenvalue weighted by Gasteiger charge is 2.38. The van der Waals surface area contributed by atoms with Gasteiger partial charge in [0.2, 0.25) is 5.91 Å². The number of hydrogen-bond acceptors (Lipinski definition) is 4. The van der Waals surface area contributed by atoms with Crippen LogP contribution in [0.5, 0.6) is 0 Å². The molecule has 4 rings (SSSR count). The Morgan fingerprint density at radius 1 is 1.11 bits per heavy atom. The SMILES string of the molecule is NC(=O)c1cc(F)cc2c1C(=O)N(C1CCN([C@H]3CC[C@@H](CO)CC3)CC1)C2. The number of carbonyl (C=O) groups excluding carboxylic acids is 2. The molecular formula is C21H28FN3O3. The molecule has 1 saturated heterocycles. The maximum absolute atomic E-state index is 13.8. The smallest absolute Gasteiger partial charge is 0.255 e. The number of hydrogen-bond donors (Lipinski definition) is 2. The number of amides is 2. The van der Waals surface area contributed by atoms with Gasteiger partial charge in [-0.15, -0.1) is 0 Å². The molecule has 3 aliphatic rings. The van der Waals surface area contributed by atoms with Crippen molar-refractivity contribution in [1.29, 1.82) is 0 Å². The average Bonchev–Trinajstić information content (AvgIpc) is 3.03. The Labute approximate surface area is 164 Å². The monoisotopic (exact) mass is 389 g/mol. The number of benzene rings is 1. The zero-order valence-corrected chi connectivity index (χ0v) is 16.1. The largest absolute Gasteiger partial charge is 0.396 e. The lowest BCUT2D eigenvalue weighted by molar-refractivity contribution is 0.0458. The highest BCUT2D eigenvalue weighted by atomic mass is 19.1. The second-order valence-corrected chi connectivity index (χ2v) is 8.41. The third-order valence-electron chi connectivity index (χ3n) is 6.80. The first-order valence-electron chi connectivity index (χ1n) is 10.3. The quantitative estimate of drug-likeness (QED) is 0.823. The van der Waals surface area contributed by atoms with Crippen molar-refractivity contribution < 1.29 is 19.1 Å². The predicted octanol–water partition coefficient (Wildman–Crippen LogP) is 1.90. The molecule has 2 amide bonds. The Morgan fingerprint density at radius 2 is 1.79 bits per heavy atom. The van der Waals surface area contributed by atoms with Crippen molar-refractivity contribution in [3.05, 3.63) is 34.6 Å². The van der Waals surface area contributed by atoms with E-state index in [0.29, 0.717) is 30.7 Å². The van der Waals surface area contributed by atoms with Gasteiger partial charge < -0.3 is 20.6 Å². The van der Waals surface area contributed by atoms with Crippen molar-refractivity contribution >= 4 is 11.8 Å². The first kappa shape index (κ1) is 19.3. The molecule has 2 aliphatic heterocycles. The van der Waals surface area contributed by atoms with Gasteiger partial charge in [0, 0.05) is 38.3 Å². The molecule has 0 radical (unpaired) electrons. The Hall–Kier alpha value is -1.99. The zero-order chi connectivity index (χ0) is 19.8. The van der Waals surface area contributed by atoms with Gasteiger partial charge in [0.25, 0.3) is 5.91 Å². The Bertz CT molecular complexity index is 768. The molecule has 2 heterocycles. The number of likely N-dealkylation sites (tertiary alicyclic amines) is 1. The van der Waals surface area contributed by atoms with Gasteiger partial charge in [-0.1, -0.05) is 0 Å². The van der Waals surface area contributed by atoms with Crippen molar-refractivity contribution in [3.63, 3.8) is 0 Å². The molecule has 1 aliphatic carbocycles. The normalized spacial score (nSPS) is 26.5. The number of fused-ring (bicyclic) bond motifs is 1. The highest BCUT2D eigenvalue weighted by molar-refractivity contribution is 6.09. The standard InChI is InChI=1S/C21H28FN3O3/c22-15-9-14-11-25(21(28)19(14)18(10-15)20(23)27)17-5-7-24(8-6-17)16-3-1-13(12-26)2-4-16/h9-10,13,16-17,26H,1-8,11-12H2,(H2,23,27)/t13-,16+. The molecule has 1 saturated carbocycles. The van der Waals surface area contributed by atoms with E-state index in [1.165, 1.54) is 6.07 Å². The lowest BCUT2D eigenvalue weighted by atomic mass is 9.85. The van der Waals surface area contributed by atoms with Crippen molar-refractivity contribution in [1.82, 2.24) is 9.80 Å². The molecule has 152 valence electrons. The number of aliphatic hydroxyl groups excluding tert-OH is 1. The number of halogens is 1. The summed E-state index contributed by atoms with van der Waals surface area (Å²) in [5, 5.41) is 9.31. The molecule has 28 heavy (non-hydrogen) atoms. The van der Waals surface area contributed by atoms with E-state index >= 15 is 0 Å². The van der Waals surface area contributed by atoms with Crippen LogP contribution < -0.4 is 5.73 Å². The second-order valence-electron chi connectivity index (χ2n) is 8.41. The van der Waals surface area contributed by atoms with Gasteiger partial charge in [-0.3, -0.25) is 9.59 Å². The van der Waals surface area contributed by atoms with Gasteiger partial charge in [0.05, 0.1) is 11.1 Å². The van der Waals surface area contributed by atoms with E-state index in [9.17, 15) is 19.1 Å². The predicted molar refractivity (Wildman–Crippen MR) is 102 cm³/mol. The van der Waals surface area contributed by atoms with Crippen LogP contribution in [0.1, 0.15) is 64.8 Å². The van der Waals surface area contributed by atoms with E-state index in [1.807, 2.05) is 0 Å². The van der Waals surface area contributed by atoms with Crippen LogP contribution in [0.15, 0.2) is 12.1 Å². The molecule has 2 fully saturated rings. The molecule has 0 spiro atoms. The van der Waals surface area contributed by atoms with Crippen molar-refractivity contribution in [3.8, 4) is 0 Å². The third kappa shape index (κ3) is 3.53. The molecule has 1 aromatic carbocycles. The molecule has 0 aromatic heterocycles. The number of primary amides is 1. The number of piperidine rings is 1. The van der Waals surface area contributed by atoms with Crippen LogP contribution in [-0.4, -0.2) is 58.5 Å². The van der Waals surface area contributed by atoms with E-state index < -0.39 is 11.7 Å².